The minimum atomic E-state index is -3.62. The highest BCUT2D eigenvalue weighted by Gasteiger charge is 2.16. The summed E-state index contributed by atoms with van der Waals surface area (Å²) in [6.45, 7) is 1.22. The quantitative estimate of drug-likeness (QED) is 0.649. The lowest BCUT2D eigenvalue weighted by atomic mass is 10.1. The molecule has 2 aromatic carbocycles. The fourth-order valence-electron chi connectivity index (χ4n) is 2.25. The second-order valence-electron chi connectivity index (χ2n) is 5.74. The van der Waals surface area contributed by atoms with Gasteiger partial charge in [-0.25, -0.2) is 8.42 Å². The van der Waals surface area contributed by atoms with E-state index in [9.17, 15) is 18.0 Å². The first-order valence-corrected chi connectivity index (χ1v) is 9.87. The van der Waals surface area contributed by atoms with E-state index >= 15 is 0 Å². The van der Waals surface area contributed by atoms with Crippen LogP contribution in [0.5, 0.6) is 5.75 Å². The van der Waals surface area contributed by atoms with Crippen LogP contribution in [-0.4, -0.2) is 33.1 Å². The summed E-state index contributed by atoms with van der Waals surface area (Å²) in [6.07, 6.45) is 0.969. The van der Waals surface area contributed by atoms with Gasteiger partial charge in [0.15, 0.2) is 6.61 Å². The van der Waals surface area contributed by atoms with Crippen LogP contribution in [0.3, 0.4) is 0 Å². The van der Waals surface area contributed by atoms with Crippen molar-refractivity contribution in [3.05, 3.63) is 48.0 Å². The summed E-state index contributed by atoms with van der Waals surface area (Å²) >= 11 is 0. The number of carbonyl (C=O) groups is 2. The minimum Gasteiger partial charge on any atom is -0.479 e. The predicted octanol–water partition coefficient (Wildman–Crippen LogP) is 2.17. The average molecular weight is 402 g/mol. The highest BCUT2D eigenvalue weighted by molar-refractivity contribution is 7.92. The molecule has 0 saturated heterocycles. The molecule has 0 aliphatic rings. The molecule has 0 radical (unpaired) electrons. The van der Waals surface area contributed by atoms with Gasteiger partial charge in [0.2, 0.25) is 15.9 Å². The number of hydrogen-bond donors (Lipinski definition) is 3. The van der Waals surface area contributed by atoms with E-state index in [0.29, 0.717) is 17.1 Å². The van der Waals surface area contributed by atoms with Crippen molar-refractivity contribution in [2.45, 2.75) is 6.92 Å². The molecule has 0 heterocycles. The third-order valence-electron chi connectivity index (χ3n) is 3.30. The number of carbonyl (C=O) groups excluding carboxylic acids is 2. The second kappa shape index (κ2) is 8.88. The monoisotopic (exact) mass is 402 g/mol. The van der Waals surface area contributed by atoms with E-state index < -0.39 is 15.9 Å². The molecule has 2 amide bonds. The summed E-state index contributed by atoms with van der Waals surface area (Å²) in [4.78, 5) is 23.9. The van der Waals surface area contributed by atoms with Crippen LogP contribution < -0.4 is 20.1 Å². The molecule has 2 aromatic rings. The zero-order valence-electron chi connectivity index (χ0n) is 15.1. The molecule has 0 atom stereocenters. The Balaban J connectivity index is 2.28. The van der Waals surface area contributed by atoms with Gasteiger partial charge in [-0.15, -0.1) is 0 Å². The van der Waals surface area contributed by atoms with Crippen molar-refractivity contribution in [3.63, 3.8) is 0 Å². The van der Waals surface area contributed by atoms with E-state index in [0.717, 1.165) is 6.26 Å². The minimum absolute atomic E-state index is 0.0292. The molecule has 2 rings (SSSR count). The number of benzene rings is 2. The first kappa shape index (κ1) is 20.7. The lowest BCUT2D eigenvalue weighted by Gasteiger charge is -2.13. The van der Waals surface area contributed by atoms with Gasteiger partial charge in [-0.3, -0.25) is 14.3 Å². The molecule has 0 saturated carbocycles. The van der Waals surface area contributed by atoms with Crippen molar-refractivity contribution in [1.29, 1.82) is 5.26 Å². The van der Waals surface area contributed by atoms with E-state index in [2.05, 4.69) is 15.4 Å². The third kappa shape index (κ3) is 6.30. The van der Waals surface area contributed by atoms with Gasteiger partial charge >= 0.3 is 0 Å². The van der Waals surface area contributed by atoms with Crippen molar-refractivity contribution in [1.82, 2.24) is 0 Å². The van der Waals surface area contributed by atoms with Crippen LogP contribution in [0.2, 0.25) is 0 Å². The average Bonchev–Trinajstić information content (AvgIpc) is 2.60. The Morgan fingerprint density at radius 1 is 1.07 bits per heavy atom. The van der Waals surface area contributed by atoms with E-state index in [1.165, 1.54) is 25.1 Å². The Morgan fingerprint density at radius 2 is 1.71 bits per heavy atom. The van der Waals surface area contributed by atoms with Gasteiger partial charge in [0, 0.05) is 18.3 Å². The van der Waals surface area contributed by atoms with Crippen LogP contribution in [0.15, 0.2) is 42.5 Å². The maximum absolute atomic E-state index is 12.7. The maximum atomic E-state index is 12.7. The molecule has 0 aliphatic carbocycles. The molecule has 146 valence electrons. The molecule has 9 nitrogen and oxygen atoms in total. The zero-order chi connectivity index (χ0) is 20.7. The van der Waals surface area contributed by atoms with Crippen molar-refractivity contribution >= 4 is 38.9 Å². The van der Waals surface area contributed by atoms with Crippen LogP contribution in [-0.2, 0) is 14.8 Å². The number of anilines is 3. The second-order valence-corrected chi connectivity index (χ2v) is 7.49. The van der Waals surface area contributed by atoms with Gasteiger partial charge in [0.25, 0.3) is 5.91 Å². The third-order valence-corrected chi connectivity index (χ3v) is 3.89. The zero-order valence-corrected chi connectivity index (χ0v) is 16.0. The number of nitrogens with one attached hydrogen (secondary N) is 3. The summed E-state index contributed by atoms with van der Waals surface area (Å²) in [6, 6.07) is 12.4. The summed E-state index contributed by atoms with van der Waals surface area (Å²) in [5.41, 5.74) is 0.881. The first-order chi connectivity index (χ1) is 13.2. The van der Waals surface area contributed by atoms with Gasteiger partial charge in [0.1, 0.15) is 11.8 Å². The maximum Gasteiger partial charge on any atom is 0.257 e. The summed E-state index contributed by atoms with van der Waals surface area (Å²) < 4.78 is 30.6. The number of ether oxygens (including phenoxy) is 1. The van der Waals surface area contributed by atoms with Gasteiger partial charge in [-0.05, 0) is 42.5 Å². The molecule has 0 unspecified atom stereocenters. The fourth-order valence-corrected chi connectivity index (χ4v) is 2.83. The highest BCUT2D eigenvalue weighted by atomic mass is 32.2. The van der Waals surface area contributed by atoms with Crippen molar-refractivity contribution in [3.8, 4) is 11.8 Å². The lowest BCUT2D eigenvalue weighted by Crippen LogP contribution is -2.18. The number of nitriles is 1. The summed E-state index contributed by atoms with van der Waals surface area (Å²) in [7, 11) is -3.62. The largest absolute Gasteiger partial charge is 0.479 e. The van der Waals surface area contributed by atoms with Gasteiger partial charge in [-0.1, -0.05) is 0 Å². The van der Waals surface area contributed by atoms with E-state index in [-0.39, 0.29) is 23.8 Å². The number of nitrogens with zero attached hydrogens (tertiary/aromatic N) is 1. The van der Waals surface area contributed by atoms with Crippen LogP contribution in [0, 0.1) is 11.3 Å². The number of hydrogen-bond acceptors (Lipinski definition) is 6. The normalized spacial score (nSPS) is 10.5. The molecular formula is C18H18N4O5S. The molecule has 0 spiro atoms. The molecule has 0 bridgehead atoms. The van der Waals surface area contributed by atoms with Crippen LogP contribution in [0.4, 0.5) is 17.1 Å². The molecule has 28 heavy (non-hydrogen) atoms. The summed E-state index contributed by atoms with van der Waals surface area (Å²) in [5, 5.41) is 13.7. The standard InChI is InChI=1S/C18H18N4O5S/c1-12(23)20-14-5-8-17(22-28(2,25)26)16(11-14)18(24)21-13-3-6-15(7-4-13)27-10-9-19/h3-8,11,22H,10H2,1-2H3,(H,20,23)(H,21,24). The van der Waals surface area contributed by atoms with Gasteiger partial charge in [-0.2, -0.15) is 5.26 Å². The highest BCUT2D eigenvalue weighted by Crippen LogP contribution is 2.24. The topological polar surface area (TPSA) is 137 Å². The van der Waals surface area contributed by atoms with Gasteiger partial charge in [0.05, 0.1) is 17.5 Å². The Bertz CT molecular complexity index is 1030. The Kier molecular flexibility index (Phi) is 6.57. The smallest absolute Gasteiger partial charge is 0.257 e. The summed E-state index contributed by atoms with van der Waals surface area (Å²) in [5.74, 6) is -0.446. The molecule has 0 aliphatic heterocycles. The number of rotatable bonds is 7. The van der Waals surface area contributed by atoms with E-state index in [1.54, 1.807) is 24.3 Å². The molecule has 10 heteroatoms. The number of amides is 2. The predicted molar refractivity (Wildman–Crippen MR) is 105 cm³/mol. The molecule has 0 aromatic heterocycles. The van der Waals surface area contributed by atoms with Crippen LogP contribution >= 0.6 is 0 Å². The van der Waals surface area contributed by atoms with Crippen LogP contribution in [0.1, 0.15) is 17.3 Å². The van der Waals surface area contributed by atoms with Crippen molar-refractivity contribution in [2.75, 3.05) is 28.2 Å². The Morgan fingerprint density at radius 3 is 2.29 bits per heavy atom. The Labute approximate surface area is 162 Å². The first-order valence-electron chi connectivity index (χ1n) is 7.98. The van der Waals surface area contributed by atoms with Crippen molar-refractivity contribution in [2.24, 2.45) is 0 Å². The van der Waals surface area contributed by atoms with E-state index in [1.807, 2.05) is 6.07 Å². The Hall–Kier alpha value is -3.58. The lowest BCUT2D eigenvalue weighted by molar-refractivity contribution is -0.114. The molecule has 0 fully saturated rings. The van der Waals surface area contributed by atoms with Gasteiger partial charge < -0.3 is 15.4 Å². The molecular weight excluding hydrogens is 384 g/mol. The van der Waals surface area contributed by atoms with Crippen LogP contribution in [0.25, 0.3) is 0 Å². The number of sulfonamides is 1. The van der Waals surface area contributed by atoms with Crippen molar-refractivity contribution < 1.29 is 22.7 Å². The fraction of sp³-hybridized carbons (Fsp3) is 0.167. The van der Waals surface area contributed by atoms with E-state index in [4.69, 9.17) is 10.00 Å². The SMILES string of the molecule is CC(=O)Nc1ccc(NS(C)(=O)=O)c(C(=O)Nc2ccc(OCC#N)cc2)c1. The molecule has 3 N–H and O–H groups in total.